The van der Waals surface area contributed by atoms with Gasteiger partial charge in [-0.2, -0.15) is 0 Å². The van der Waals surface area contributed by atoms with Gasteiger partial charge in [0.05, 0.1) is 0 Å². The molecule has 153 valence electrons. The fraction of sp³-hybridized carbons (Fsp3) is 0.241. The molecule has 0 radical (unpaired) electrons. The van der Waals surface area contributed by atoms with Crippen molar-refractivity contribution < 1.29 is 18.8 Å². The summed E-state index contributed by atoms with van der Waals surface area (Å²) in [6.45, 7) is 5.05. The van der Waals surface area contributed by atoms with Crippen molar-refractivity contribution in [1.82, 2.24) is 0 Å². The van der Waals surface area contributed by atoms with Crippen LogP contribution in [0.3, 0.4) is 0 Å². The standard InChI is InChI=1S/3C7H7.C5H5.C3H7.Zr/c3*1-7-5-3-2-4-6-7;1-2-4-5-3-1;1-3-2;/h3*2-6H,1H2;1-3H,4H2;3H,1-2H3;. The summed E-state index contributed by atoms with van der Waals surface area (Å²) in [4.78, 5) is 0. The molecule has 0 aliphatic heterocycles. The van der Waals surface area contributed by atoms with Gasteiger partial charge in [0, 0.05) is 0 Å². The van der Waals surface area contributed by atoms with E-state index in [1.165, 1.54) is 29.1 Å². The Hall–Kier alpha value is -1.98. The van der Waals surface area contributed by atoms with E-state index in [-0.39, 0.29) is 0 Å². The molecule has 0 unspecified atom stereocenters. The quantitative estimate of drug-likeness (QED) is 0.312. The Bertz CT molecular complexity index is 910. The summed E-state index contributed by atoms with van der Waals surface area (Å²) < 4.78 is 6.20. The van der Waals surface area contributed by atoms with E-state index in [9.17, 15) is 0 Å². The topological polar surface area (TPSA) is 0 Å². The maximum absolute atomic E-state index is 3.65. The summed E-state index contributed by atoms with van der Waals surface area (Å²) in [5.74, 6) is 0. The molecular weight excluding hydrogens is 440 g/mol. The van der Waals surface area contributed by atoms with Crippen molar-refractivity contribution >= 4 is 0 Å². The van der Waals surface area contributed by atoms with Crippen LogP contribution in [0.1, 0.15) is 37.0 Å². The van der Waals surface area contributed by atoms with E-state index in [1.807, 2.05) is 0 Å². The molecule has 0 N–H and O–H groups in total. The fourth-order valence-electron chi connectivity index (χ4n) is 5.77. The summed E-state index contributed by atoms with van der Waals surface area (Å²) in [6.07, 6.45) is 8.33. The Morgan fingerprint density at radius 3 is 1.33 bits per heavy atom. The molecule has 0 atom stereocenters. The van der Waals surface area contributed by atoms with Gasteiger partial charge in [-0.3, -0.25) is 0 Å². The summed E-state index contributed by atoms with van der Waals surface area (Å²) >= 11 is -3.65. The first kappa shape index (κ1) is 21.3. The Labute approximate surface area is 183 Å². The van der Waals surface area contributed by atoms with Crippen LogP contribution in [0.5, 0.6) is 0 Å². The van der Waals surface area contributed by atoms with Crippen LogP contribution in [-0.2, 0) is 31.2 Å². The van der Waals surface area contributed by atoms with Crippen LogP contribution in [0, 0.1) is 0 Å². The molecule has 0 saturated heterocycles. The van der Waals surface area contributed by atoms with Gasteiger partial charge in [0.1, 0.15) is 0 Å². The zero-order valence-corrected chi connectivity index (χ0v) is 20.8. The van der Waals surface area contributed by atoms with Crippen molar-refractivity contribution in [1.29, 1.82) is 0 Å². The molecule has 0 bridgehead atoms. The molecule has 3 aromatic rings. The second-order valence-corrected chi connectivity index (χ2v) is 26.5. The minimum absolute atomic E-state index is 0.679. The number of rotatable bonds is 8. The van der Waals surface area contributed by atoms with Gasteiger partial charge < -0.3 is 0 Å². The zero-order valence-electron chi connectivity index (χ0n) is 18.3. The maximum atomic E-state index is 2.53. The SMILES string of the molecule is C[CH](C)[Zr]([CH2]c1ccccc1)([CH2]c1ccccc1)([CH2]c1ccccc1)[C]1=CC=CC1. The van der Waals surface area contributed by atoms with E-state index in [4.69, 9.17) is 0 Å². The van der Waals surface area contributed by atoms with Gasteiger partial charge in [-0.1, -0.05) is 0 Å². The molecule has 0 fully saturated rings. The first-order valence-corrected chi connectivity index (χ1v) is 19.1. The van der Waals surface area contributed by atoms with Crippen LogP contribution in [0.4, 0.5) is 0 Å². The van der Waals surface area contributed by atoms with Crippen LogP contribution >= 0.6 is 0 Å². The van der Waals surface area contributed by atoms with Gasteiger partial charge in [-0.25, -0.2) is 0 Å². The number of hydrogen-bond donors (Lipinski definition) is 0. The summed E-state index contributed by atoms with van der Waals surface area (Å²) in [5.41, 5.74) is 4.53. The van der Waals surface area contributed by atoms with E-state index in [0.29, 0.717) is 3.63 Å². The predicted molar refractivity (Wildman–Crippen MR) is 127 cm³/mol. The minimum atomic E-state index is -3.65. The second-order valence-electron chi connectivity index (χ2n) is 9.50. The van der Waals surface area contributed by atoms with Crippen molar-refractivity contribution in [3.05, 3.63) is 129 Å². The van der Waals surface area contributed by atoms with Crippen LogP contribution in [0.15, 0.2) is 113 Å². The Morgan fingerprint density at radius 2 is 1.03 bits per heavy atom. The van der Waals surface area contributed by atoms with E-state index < -0.39 is 18.8 Å². The van der Waals surface area contributed by atoms with E-state index in [0.717, 1.165) is 6.42 Å². The summed E-state index contributed by atoms with van der Waals surface area (Å²) in [6, 6.07) is 33.9. The van der Waals surface area contributed by atoms with E-state index in [1.54, 1.807) is 3.28 Å². The van der Waals surface area contributed by atoms with Crippen molar-refractivity contribution in [2.24, 2.45) is 0 Å². The van der Waals surface area contributed by atoms with Gasteiger partial charge >= 0.3 is 184 Å². The van der Waals surface area contributed by atoms with E-state index >= 15 is 0 Å². The molecule has 4 rings (SSSR count). The Balaban J connectivity index is 1.95. The van der Waals surface area contributed by atoms with Crippen molar-refractivity contribution in [2.45, 2.75) is 36.3 Å². The van der Waals surface area contributed by atoms with Gasteiger partial charge in [0.2, 0.25) is 0 Å². The van der Waals surface area contributed by atoms with Crippen molar-refractivity contribution in [3.8, 4) is 0 Å². The van der Waals surface area contributed by atoms with Crippen LogP contribution in [-0.4, -0.2) is 0 Å². The molecule has 1 heteroatoms. The average molecular weight is 473 g/mol. The Kier molecular flexibility index (Phi) is 6.40. The summed E-state index contributed by atoms with van der Waals surface area (Å²) in [7, 11) is 0. The van der Waals surface area contributed by atoms with Crippen molar-refractivity contribution in [2.75, 3.05) is 0 Å². The van der Waals surface area contributed by atoms with E-state index in [2.05, 4.69) is 123 Å². The van der Waals surface area contributed by atoms with Gasteiger partial charge in [0.25, 0.3) is 0 Å². The van der Waals surface area contributed by atoms with Gasteiger partial charge in [-0.05, 0) is 0 Å². The first-order valence-electron chi connectivity index (χ1n) is 11.3. The number of hydrogen-bond acceptors (Lipinski definition) is 0. The molecule has 0 amide bonds. The molecule has 3 aromatic carbocycles. The third-order valence-corrected chi connectivity index (χ3v) is 29.7. The van der Waals surface area contributed by atoms with Crippen LogP contribution < -0.4 is 0 Å². The fourth-order valence-corrected chi connectivity index (χ4v) is 25.4. The monoisotopic (exact) mass is 471 g/mol. The number of benzene rings is 3. The normalized spacial score (nSPS) is 15.0. The Morgan fingerprint density at radius 1 is 0.633 bits per heavy atom. The summed E-state index contributed by atoms with van der Waals surface area (Å²) in [5, 5.41) is 0. The molecule has 30 heavy (non-hydrogen) atoms. The van der Waals surface area contributed by atoms with Gasteiger partial charge in [0.15, 0.2) is 0 Å². The molecule has 0 nitrogen and oxygen atoms in total. The molecular formula is C29H33Zr. The average Bonchev–Trinajstić information content (AvgIpc) is 3.32. The molecule has 0 spiro atoms. The van der Waals surface area contributed by atoms with Crippen LogP contribution in [0.2, 0.25) is 3.63 Å². The molecule has 0 saturated carbocycles. The zero-order chi connectivity index (χ0) is 20.9. The third-order valence-electron chi connectivity index (χ3n) is 7.61. The molecule has 0 heterocycles. The third kappa shape index (κ3) is 4.10. The van der Waals surface area contributed by atoms with Crippen LogP contribution in [0.25, 0.3) is 0 Å². The molecule has 1 aliphatic rings. The molecule has 1 aliphatic carbocycles. The first-order chi connectivity index (χ1) is 14.6. The predicted octanol–water partition coefficient (Wildman–Crippen LogP) is 7.95. The van der Waals surface area contributed by atoms with Crippen molar-refractivity contribution in [3.63, 3.8) is 0 Å². The number of allylic oxidation sites excluding steroid dienone is 4. The molecule has 0 aromatic heterocycles. The van der Waals surface area contributed by atoms with Gasteiger partial charge in [-0.15, -0.1) is 0 Å². The second kappa shape index (κ2) is 9.03.